The Hall–Kier alpha value is -2.70. The van der Waals surface area contributed by atoms with Crippen LogP contribution in [0.4, 0.5) is 0 Å². The standard InChI is InChI=1S/C23H27N3O3/c1-27-22-8-6-18(13-23(22)28-2)15-26(16-19-4-3-11-29-19)14-17-5-7-20-21(12-17)25-10-9-24-20/h5-10,12-13,19H,3-4,11,14-16H2,1-2H3/t19-/m1/s1. The first-order valence-corrected chi connectivity index (χ1v) is 9.99. The van der Waals surface area contributed by atoms with Crippen molar-refractivity contribution in [2.75, 3.05) is 27.4 Å². The summed E-state index contributed by atoms with van der Waals surface area (Å²) in [4.78, 5) is 11.2. The number of benzene rings is 2. The second-order valence-corrected chi connectivity index (χ2v) is 7.37. The summed E-state index contributed by atoms with van der Waals surface area (Å²) in [5, 5.41) is 0. The lowest BCUT2D eigenvalue weighted by molar-refractivity contribution is 0.0679. The fourth-order valence-electron chi connectivity index (χ4n) is 3.86. The van der Waals surface area contributed by atoms with Crippen molar-refractivity contribution in [3.63, 3.8) is 0 Å². The van der Waals surface area contributed by atoms with Crippen LogP contribution in [0.5, 0.6) is 11.5 Å². The summed E-state index contributed by atoms with van der Waals surface area (Å²) in [6.45, 7) is 3.38. The van der Waals surface area contributed by atoms with Gasteiger partial charge in [0.25, 0.3) is 0 Å². The zero-order valence-electron chi connectivity index (χ0n) is 17.0. The Bertz CT molecular complexity index is 957. The monoisotopic (exact) mass is 393 g/mol. The molecule has 152 valence electrons. The molecule has 0 N–H and O–H groups in total. The minimum atomic E-state index is 0.287. The van der Waals surface area contributed by atoms with E-state index in [0.29, 0.717) is 0 Å². The molecule has 0 unspecified atom stereocenters. The summed E-state index contributed by atoms with van der Waals surface area (Å²) >= 11 is 0. The van der Waals surface area contributed by atoms with Crippen LogP contribution in [-0.2, 0) is 17.8 Å². The molecule has 0 saturated carbocycles. The highest BCUT2D eigenvalue weighted by Crippen LogP contribution is 2.28. The van der Waals surface area contributed by atoms with Crippen molar-refractivity contribution in [2.45, 2.75) is 32.0 Å². The third-order valence-electron chi connectivity index (χ3n) is 5.28. The van der Waals surface area contributed by atoms with Gasteiger partial charge >= 0.3 is 0 Å². The maximum atomic E-state index is 5.90. The number of nitrogens with zero attached hydrogens (tertiary/aromatic N) is 3. The van der Waals surface area contributed by atoms with Crippen molar-refractivity contribution in [2.24, 2.45) is 0 Å². The van der Waals surface area contributed by atoms with Crippen molar-refractivity contribution in [1.29, 1.82) is 0 Å². The zero-order chi connectivity index (χ0) is 20.1. The van der Waals surface area contributed by atoms with E-state index in [1.165, 1.54) is 11.1 Å². The van der Waals surface area contributed by atoms with Gasteiger partial charge in [-0.25, -0.2) is 0 Å². The molecule has 2 heterocycles. The van der Waals surface area contributed by atoms with Crippen molar-refractivity contribution >= 4 is 11.0 Å². The number of hydrogen-bond donors (Lipinski definition) is 0. The molecule has 0 spiro atoms. The van der Waals surface area contributed by atoms with Gasteiger partial charge in [0, 0.05) is 38.6 Å². The molecule has 1 atom stereocenters. The van der Waals surface area contributed by atoms with E-state index in [9.17, 15) is 0 Å². The molecule has 0 radical (unpaired) electrons. The van der Waals surface area contributed by atoms with E-state index in [4.69, 9.17) is 14.2 Å². The number of ether oxygens (including phenoxy) is 3. The van der Waals surface area contributed by atoms with Gasteiger partial charge in [0.1, 0.15) is 0 Å². The lowest BCUT2D eigenvalue weighted by Gasteiger charge is -2.26. The first kappa shape index (κ1) is 19.6. The quantitative estimate of drug-likeness (QED) is 0.580. The predicted octanol–water partition coefficient (Wildman–Crippen LogP) is 3.83. The Morgan fingerprint density at radius 1 is 0.931 bits per heavy atom. The molecule has 1 fully saturated rings. The highest BCUT2D eigenvalue weighted by atomic mass is 16.5. The molecule has 6 heteroatoms. The normalized spacial score (nSPS) is 16.4. The van der Waals surface area contributed by atoms with E-state index >= 15 is 0 Å². The Balaban J connectivity index is 1.55. The largest absolute Gasteiger partial charge is 0.493 e. The summed E-state index contributed by atoms with van der Waals surface area (Å²) in [6.07, 6.45) is 6.00. The van der Waals surface area contributed by atoms with Crippen LogP contribution in [0.3, 0.4) is 0 Å². The van der Waals surface area contributed by atoms with Gasteiger partial charge in [-0.05, 0) is 48.2 Å². The highest BCUT2D eigenvalue weighted by Gasteiger charge is 2.20. The average molecular weight is 393 g/mol. The summed E-state index contributed by atoms with van der Waals surface area (Å²) < 4.78 is 16.7. The lowest BCUT2D eigenvalue weighted by atomic mass is 10.1. The van der Waals surface area contributed by atoms with Crippen LogP contribution in [-0.4, -0.2) is 48.3 Å². The minimum absolute atomic E-state index is 0.287. The van der Waals surface area contributed by atoms with Crippen molar-refractivity contribution in [3.8, 4) is 11.5 Å². The first-order chi connectivity index (χ1) is 14.2. The number of rotatable bonds is 8. The fourth-order valence-corrected chi connectivity index (χ4v) is 3.86. The van der Waals surface area contributed by atoms with E-state index in [1.54, 1.807) is 26.6 Å². The summed E-state index contributed by atoms with van der Waals surface area (Å²) in [6, 6.07) is 12.4. The molecule has 0 amide bonds. The van der Waals surface area contributed by atoms with Crippen LogP contribution in [0, 0.1) is 0 Å². The molecule has 4 rings (SSSR count). The number of methoxy groups -OCH3 is 2. The van der Waals surface area contributed by atoms with Crippen LogP contribution in [0.1, 0.15) is 24.0 Å². The van der Waals surface area contributed by atoms with Crippen LogP contribution >= 0.6 is 0 Å². The molecule has 3 aromatic rings. The second kappa shape index (κ2) is 9.20. The number of fused-ring (bicyclic) bond motifs is 1. The van der Waals surface area contributed by atoms with Gasteiger partial charge in [-0.15, -0.1) is 0 Å². The Kier molecular flexibility index (Phi) is 6.22. The molecule has 1 aliphatic heterocycles. The van der Waals surface area contributed by atoms with E-state index in [-0.39, 0.29) is 6.10 Å². The van der Waals surface area contributed by atoms with E-state index in [1.807, 2.05) is 18.2 Å². The van der Waals surface area contributed by atoms with Crippen molar-refractivity contribution in [1.82, 2.24) is 14.9 Å². The maximum absolute atomic E-state index is 5.90. The van der Waals surface area contributed by atoms with Crippen molar-refractivity contribution in [3.05, 3.63) is 59.9 Å². The molecule has 1 saturated heterocycles. The van der Waals surface area contributed by atoms with E-state index < -0.39 is 0 Å². The second-order valence-electron chi connectivity index (χ2n) is 7.37. The molecule has 1 aromatic heterocycles. The van der Waals surface area contributed by atoms with Crippen molar-refractivity contribution < 1.29 is 14.2 Å². The van der Waals surface area contributed by atoms with E-state index in [2.05, 4.69) is 33.1 Å². The maximum Gasteiger partial charge on any atom is 0.161 e. The Labute approximate surface area is 171 Å². The van der Waals surface area contributed by atoms with Gasteiger partial charge in [-0.3, -0.25) is 14.9 Å². The fraction of sp³-hybridized carbons (Fsp3) is 0.391. The summed E-state index contributed by atoms with van der Waals surface area (Å²) in [5.41, 5.74) is 4.24. The molecule has 29 heavy (non-hydrogen) atoms. The van der Waals surface area contributed by atoms with Crippen LogP contribution in [0.2, 0.25) is 0 Å². The predicted molar refractivity (Wildman–Crippen MR) is 112 cm³/mol. The van der Waals surface area contributed by atoms with Gasteiger partial charge < -0.3 is 14.2 Å². The van der Waals surface area contributed by atoms with E-state index in [0.717, 1.165) is 61.6 Å². The third-order valence-corrected chi connectivity index (χ3v) is 5.28. The molecule has 2 aromatic carbocycles. The van der Waals surface area contributed by atoms with Gasteiger partial charge in [0.05, 0.1) is 31.4 Å². The molecular formula is C23H27N3O3. The van der Waals surface area contributed by atoms with Gasteiger partial charge in [-0.1, -0.05) is 12.1 Å². The molecule has 0 bridgehead atoms. The smallest absolute Gasteiger partial charge is 0.161 e. The number of hydrogen-bond acceptors (Lipinski definition) is 6. The first-order valence-electron chi connectivity index (χ1n) is 9.99. The third kappa shape index (κ3) is 4.83. The average Bonchev–Trinajstić information content (AvgIpc) is 3.26. The topological polar surface area (TPSA) is 56.7 Å². The molecule has 1 aliphatic rings. The molecule has 0 aliphatic carbocycles. The SMILES string of the molecule is COc1ccc(CN(Cc2ccc3nccnc3c2)C[C@H]2CCCO2)cc1OC. The molecule has 6 nitrogen and oxygen atoms in total. The van der Waals surface area contributed by atoms with Crippen LogP contribution < -0.4 is 9.47 Å². The van der Waals surface area contributed by atoms with Gasteiger partial charge in [0.2, 0.25) is 0 Å². The minimum Gasteiger partial charge on any atom is -0.493 e. The number of aromatic nitrogens is 2. The highest BCUT2D eigenvalue weighted by molar-refractivity contribution is 5.74. The summed E-state index contributed by atoms with van der Waals surface area (Å²) in [7, 11) is 3.33. The van der Waals surface area contributed by atoms with Gasteiger partial charge in [0.15, 0.2) is 11.5 Å². The van der Waals surface area contributed by atoms with Crippen LogP contribution in [0.25, 0.3) is 11.0 Å². The lowest BCUT2D eigenvalue weighted by Crippen LogP contribution is -2.31. The Morgan fingerprint density at radius 2 is 1.66 bits per heavy atom. The van der Waals surface area contributed by atoms with Gasteiger partial charge in [-0.2, -0.15) is 0 Å². The summed E-state index contributed by atoms with van der Waals surface area (Å²) in [5.74, 6) is 1.50. The van der Waals surface area contributed by atoms with Crippen LogP contribution in [0.15, 0.2) is 48.8 Å². The molecular weight excluding hydrogens is 366 g/mol. The zero-order valence-corrected chi connectivity index (χ0v) is 17.0. The Morgan fingerprint density at radius 3 is 2.38 bits per heavy atom.